The summed E-state index contributed by atoms with van der Waals surface area (Å²) in [6.45, 7) is 5.79. The fourth-order valence-corrected chi connectivity index (χ4v) is 4.45. The predicted molar refractivity (Wildman–Crippen MR) is 73.7 cm³/mol. The summed E-state index contributed by atoms with van der Waals surface area (Å²) in [7, 11) is -3.02. The molecule has 0 spiro atoms. The lowest BCUT2D eigenvalue weighted by Crippen LogP contribution is -2.40. The molecule has 0 saturated carbocycles. The molecule has 1 unspecified atom stereocenters. The lowest BCUT2D eigenvalue weighted by Gasteiger charge is -2.36. The van der Waals surface area contributed by atoms with Crippen LogP contribution in [0.5, 0.6) is 0 Å². The van der Waals surface area contributed by atoms with Gasteiger partial charge in [-0.15, -0.1) is 0 Å². The van der Waals surface area contributed by atoms with Crippen molar-refractivity contribution in [1.82, 2.24) is 0 Å². The Morgan fingerprint density at radius 3 is 2.16 bits per heavy atom. The summed E-state index contributed by atoms with van der Waals surface area (Å²) in [5, 5.41) is 19.3. The van der Waals surface area contributed by atoms with Gasteiger partial charge in [0.2, 0.25) is 0 Å². The lowest BCUT2D eigenvalue weighted by molar-refractivity contribution is -0.0550. The van der Waals surface area contributed by atoms with Crippen molar-refractivity contribution < 1.29 is 23.4 Å². The van der Waals surface area contributed by atoms with Gasteiger partial charge in [0.15, 0.2) is 9.84 Å². The predicted octanol–water partition coefficient (Wildman–Crippen LogP) is 0.597. The van der Waals surface area contributed by atoms with E-state index in [2.05, 4.69) is 0 Å². The molecule has 1 heterocycles. The van der Waals surface area contributed by atoms with E-state index >= 15 is 0 Å². The second-order valence-corrected chi connectivity index (χ2v) is 8.72. The van der Waals surface area contributed by atoms with Crippen LogP contribution in [0.2, 0.25) is 0 Å². The highest BCUT2D eigenvalue weighted by atomic mass is 32.2. The summed E-state index contributed by atoms with van der Waals surface area (Å²) in [6, 6.07) is 0. The van der Waals surface area contributed by atoms with Crippen molar-refractivity contribution in [2.75, 3.05) is 31.3 Å². The molecule has 1 rings (SSSR count). The second kappa shape index (κ2) is 6.08. The van der Waals surface area contributed by atoms with E-state index in [1.807, 2.05) is 20.8 Å². The molecule has 1 atom stereocenters. The second-order valence-electron chi connectivity index (χ2n) is 6.49. The molecule has 0 aromatic carbocycles. The minimum absolute atomic E-state index is 0.0592. The van der Waals surface area contributed by atoms with Crippen LogP contribution in [0.4, 0.5) is 0 Å². The highest BCUT2D eigenvalue weighted by Gasteiger charge is 2.43. The Bertz CT molecular complexity index is 378. The first-order chi connectivity index (χ1) is 8.64. The molecule has 0 aromatic rings. The smallest absolute Gasteiger partial charge is 0.150 e. The number of ether oxygens (including phenoxy) is 1. The van der Waals surface area contributed by atoms with Gasteiger partial charge < -0.3 is 14.9 Å². The molecule has 114 valence electrons. The van der Waals surface area contributed by atoms with Crippen molar-refractivity contribution >= 4 is 9.84 Å². The first kappa shape index (κ1) is 16.9. The molecule has 2 N–H and O–H groups in total. The largest absolute Gasteiger partial charge is 0.396 e. The average molecular weight is 294 g/mol. The van der Waals surface area contributed by atoms with E-state index in [0.717, 1.165) is 0 Å². The van der Waals surface area contributed by atoms with Gasteiger partial charge in [-0.25, -0.2) is 8.42 Å². The Balaban J connectivity index is 2.69. The van der Waals surface area contributed by atoms with Crippen LogP contribution in [-0.2, 0) is 14.6 Å². The molecule has 6 heteroatoms. The van der Waals surface area contributed by atoms with Crippen molar-refractivity contribution in [1.29, 1.82) is 0 Å². The number of hydrogen-bond acceptors (Lipinski definition) is 5. The van der Waals surface area contributed by atoms with Gasteiger partial charge in [0.1, 0.15) is 0 Å². The number of hydrogen-bond donors (Lipinski definition) is 2. The molecule has 1 fully saturated rings. The number of aliphatic hydroxyl groups is 2. The maximum Gasteiger partial charge on any atom is 0.150 e. The summed E-state index contributed by atoms with van der Waals surface area (Å²) >= 11 is 0. The normalized spacial score (nSPS) is 23.7. The average Bonchev–Trinajstić information content (AvgIpc) is 2.64. The lowest BCUT2D eigenvalue weighted by atomic mass is 9.74. The first-order valence-corrected chi connectivity index (χ1v) is 8.52. The minimum atomic E-state index is -3.02. The molecule has 0 radical (unpaired) electrons. The summed E-state index contributed by atoms with van der Waals surface area (Å²) in [6.07, 6.45) is 0.983. The van der Waals surface area contributed by atoms with Crippen LogP contribution in [-0.4, -0.2) is 55.6 Å². The van der Waals surface area contributed by atoms with Crippen LogP contribution in [0.15, 0.2) is 0 Å². The van der Waals surface area contributed by atoms with Crippen LogP contribution in [0.3, 0.4) is 0 Å². The molecule has 0 bridgehead atoms. The molecule has 5 nitrogen and oxygen atoms in total. The van der Waals surface area contributed by atoms with Gasteiger partial charge in [-0.1, -0.05) is 0 Å². The zero-order valence-electron chi connectivity index (χ0n) is 12.1. The van der Waals surface area contributed by atoms with E-state index in [9.17, 15) is 18.6 Å². The summed E-state index contributed by atoms with van der Waals surface area (Å²) in [5.41, 5.74) is -1.03. The summed E-state index contributed by atoms with van der Waals surface area (Å²) in [5.74, 6) is 0.0273. The van der Waals surface area contributed by atoms with Gasteiger partial charge in [0.05, 0.1) is 30.3 Å². The maximum absolute atomic E-state index is 11.6. The van der Waals surface area contributed by atoms with Crippen molar-refractivity contribution in [3.05, 3.63) is 0 Å². The van der Waals surface area contributed by atoms with Crippen LogP contribution in [0.25, 0.3) is 0 Å². The molecule has 0 aromatic heterocycles. The molecule has 1 saturated heterocycles. The Labute approximate surface area is 115 Å². The van der Waals surface area contributed by atoms with Gasteiger partial charge in [-0.2, -0.15) is 0 Å². The van der Waals surface area contributed by atoms with Gasteiger partial charge >= 0.3 is 0 Å². The Morgan fingerprint density at radius 2 is 1.79 bits per heavy atom. The van der Waals surface area contributed by atoms with E-state index in [0.29, 0.717) is 19.4 Å². The van der Waals surface area contributed by atoms with Crippen molar-refractivity contribution in [3.8, 4) is 0 Å². The maximum atomic E-state index is 11.6. The molecular weight excluding hydrogens is 268 g/mol. The van der Waals surface area contributed by atoms with E-state index in [1.165, 1.54) is 0 Å². The molecule has 0 amide bonds. The Kier molecular flexibility index (Phi) is 5.40. The third-order valence-electron chi connectivity index (χ3n) is 3.86. The zero-order valence-corrected chi connectivity index (χ0v) is 12.9. The molecule has 1 aliphatic rings. The zero-order chi connectivity index (χ0) is 14.7. The fraction of sp³-hybridized carbons (Fsp3) is 1.00. The van der Waals surface area contributed by atoms with Crippen LogP contribution >= 0.6 is 0 Å². The van der Waals surface area contributed by atoms with Crippen LogP contribution in [0.1, 0.15) is 33.6 Å². The third-order valence-corrected chi connectivity index (χ3v) is 5.63. The number of sulfone groups is 1. The first-order valence-electron chi connectivity index (χ1n) is 6.70. The fourth-order valence-electron chi connectivity index (χ4n) is 2.51. The van der Waals surface area contributed by atoms with Gasteiger partial charge in [0.25, 0.3) is 0 Å². The molecule has 0 aliphatic carbocycles. The highest BCUT2D eigenvalue weighted by Crippen LogP contribution is 2.38. The van der Waals surface area contributed by atoms with E-state index in [1.54, 1.807) is 0 Å². The topological polar surface area (TPSA) is 83.8 Å². The number of aliphatic hydroxyl groups excluding tert-OH is 2. The van der Waals surface area contributed by atoms with Crippen molar-refractivity contribution in [3.63, 3.8) is 0 Å². The quantitative estimate of drug-likeness (QED) is 0.749. The van der Waals surface area contributed by atoms with Gasteiger partial charge in [-0.05, 0) is 39.5 Å². The Hall–Kier alpha value is -0.170. The summed E-state index contributed by atoms with van der Waals surface area (Å²) < 4.78 is 28.7. The molecule has 1 aliphatic heterocycles. The molecule has 19 heavy (non-hydrogen) atoms. The van der Waals surface area contributed by atoms with Crippen molar-refractivity contribution in [2.24, 2.45) is 11.3 Å². The minimum Gasteiger partial charge on any atom is -0.396 e. The molecular formula is C13H26O5S. The standard InChI is InChI=1S/C13H26O5S/c1-12(2,3)18-6-5-13(9-14,10-15)11-4-7-19(16,17)8-11/h11,14-15H,4-10H2,1-3H3. The van der Waals surface area contributed by atoms with Crippen molar-refractivity contribution in [2.45, 2.75) is 39.2 Å². The van der Waals surface area contributed by atoms with Gasteiger partial charge in [-0.3, -0.25) is 0 Å². The monoisotopic (exact) mass is 294 g/mol. The van der Waals surface area contributed by atoms with E-state index < -0.39 is 15.3 Å². The van der Waals surface area contributed by atoms with E-state index in [4.69, 9.17) is 4.74 Å². The highest BCUT2D eigenvalue weighted by molar-refractivity contribution is 7.91. The third kappa shape index (κ3) is 4.70. The summed E-state index contributed by atoms with van der Waals surface area (Å²) in [4.78, 5) is 0. The van der Waals surface area contributed by atoms with E-state index in [-0.39, 0.29) is 36.2 Å². The van der Waals surface area contributed by atoms with Crippen LogP contribution < -0.4 is 0 Å². The SMILES string of the molecule is CC(C)(C)OCCC(CO)(CO)C1CCS(=O)(=O)C1. The number of rotatable bonds is 6. The van der Waals surface area contributed by atoms with Gasteiger partial charge in [0, 0.05) is 12.0 Å². The van der Waals surface area contributed by atoms with Crippen LogP contribution in [0, 0.1) is 11.3 Å². The Morgan fingerprint density at radius 1 is 1.21 bits per heavy atom.